The van der Waals surface area contributed by atoms with Gasteiger partial charge in [-0.15, -0.1) is 0 Å². The van der Waals surface area contributed by atoms with E-state index in [0.717, 1.165) is 18.2 Å². The van der Waals surface area contributed by atoms with Gasteiger partial charge in [0.05, 0.1) is 0 Å². The van der Waals surface area contributed by atoms with Crippen LogP contribution in [0.2, 0.25) is 0 Å². The first kappa shape index (κ1) is 12.9. The number of nitrogens with one attached hydrogen (secondary N) is 1. The highest BCUT2D eigenvalue weighted by Gasteiger charge is 2.20. The van der Waals surface area contributed by atoms with Crippen molar-refractivity contribution in [3.05, 3.63) is 24.0 Å². The molecule has 2 rings (SSSR count). The van der Waals surface area contributed by atoms with Crippen molar-refractivity contribution in [3.8, 4) is 0 Å². The lowest BCUT2D eigenvalue weighted by Crippen LogP contribution is -2.24. The van der Waals surface area contributed by atoms with Crippen molar-refractivity contribution in [2.75, 3.05) is 11.9 Å². The topological polar surface area (TPSA) is 62.2 Å². The van der Waals surface area contributed by atoms with Crippen LogP contribution in [0, 0.1) is 11.8 Å². The summed E-state index contributed by atoms with van der Waals surface area (Å²) < 4.78 is 0. The van der Waals surface area contributed by atoms with Gasteiger partial charge in [0.1, 0.15) is 5.69 Å². The number of carboxylic acid groups (broad SMARTS) is 1. The van der Waals surface area contributed by atoms with E-state index >= 15 is 0 Å². The third-order valence-electron chi connectivity index (χ3n) is 3.84. The Morgan fingerprint density at radius 3 is 3.00 bits per heavy atom. The highest BCUT2D eigenvalue weighted by Crippen LogP contribution is 2.29. The minimum Gasteiger partial charge on any atom is -0.477 e. The molecule has 1 aliphatic carbocycles. The number of pyridine rings is 1. The monoisotopic (exact) mass is 248 g/mol. The molecular weight excluding hydrogens is 228 g/mol. The van der Waals surface area contributed by atoms with E-state index in [0.29, 0.717) is 5.92 Å². The molecular formula is C14H20N2O2. The fraction of sp³-hybridized carbons (Fsp3) is 0.571. The van der Waals surface area contributed by atoms with Gasteiger partial charge in [-0.2, -0.15) is 0 Å². The second-order valence-electron chi connectivity index (χ2n) is 5.14. The van der Waals surface area contributed by atoms with E-state index in [4.69, 9.17) is 5.11 Å². The summed E-state index contributed by atoms with van der Waals surface area (Å²) in [6.07, 6.45) is 6.77. The zero-order valence-corrected chi connectivity index (χ0v) is 10.7. The van der Waals surface area contributed by atoms with Crippen molar-refractivity contribution >= 4 is 11.7 Å². The number of carboxylic acids is 1. The summed E-state index contributed by atoms with van der Waals surface area (Å²) in [5.74, 6) is 0.469. The molecule has 0 saturated heterocycles. The maximum atomic E-state index is 10.8. The molecule has 18 heavy (non-hydrogen) atoms. The van der Waals surface area contributed by atoms with Gasteiger partial charge in [0.15, 0.2) is 0 Å². The zero-order valence-electron chi connectivity index (χ0n) is 10.7. The van der Waals surface area contributed by atoms with Crippen molar-refractivity contribution in [1.82, 2.24) is 4.98 Å². The first-order valence-electron chi connectivity index (χ1n) is 6.60. The van der Waals surface area contributed by atoms with Gasteiger partial charge < -0.3 is 10.4 Å². The molecule has 2 N–H and O–H groups in total. The molecule has 0 amide bonds. The van der Waals surface area contributed by atoms with Gasteiger partial charge in [-0.3, -0.25) is 0 Å². The average molecular weight is 248 g/mol. The van der Waals surface area contributed by atoms with Gasteiger partial charge in [0, 0.05) is 18.4 Å². The van der Waals surface area contributed by atoms with Crippen molar-refractivity contribution in [1.29, 1.82) is 0 Å². The molecule has 1 aromatic heterocycles. The van der Waals surface area contributed by atoms with Crippen LogP contribution in [0.25, 0.3) is 0 Å². The first-order chi connectivity index (χ1) is 8.66. The van der Waals surface area contributed by atoms with Crippen LogP contribution < -0.4 is 5.32 Å². The summed E-state index contributed by atoms with van der Waals surface area (Å²) in [5.41, 5.74) is 0.942. The maximum absolute atomic E-state index is 10.8. The predicted molar refractivity (Wildman–Crippen MR) is 70.8 cm³/mol. The number of rotatable bonds is 4. The van der Waals surface area contributed by atoms with Crippen LogP contribution >= 0.6 is 0 Å². The van der Waals surface area contributed by atoms with Crippen molar-refractivity contribution in [2.45, 2.75) is 32.6 Å². The highest BCUT2D eigenvalue weighted by molar-refractivity contribution is 5.86. The second kappa shape index (κ2) is 5.85. The summed E-state index contributed by atoms with van der Waals surface area (Å²) in [5, 5.41) is 12.2. The zero-order chi connectivity index (χ0) is 13.0. The predicted octanol–water partition coefficient (Wildman–Crippen LogP) is 3.02. The summed E-state index contributed by atoms with van der Waals surface area (Å²) in [6, 6.07) is 3.41. The number of nitrogens with zero attached hydrogens (tertiary/aromatic N) is 1. The molecule has 0 aromatic carbocycles. The molecule has 98 valence electrons. The van der Waals surface area contributed by atoms with Crippen LogP contribution in [0.15, 0.2) is 18.3 Å². The Kier molecular flexibility index (Phi) is 4.18. The van der Waals surface area contributed by atoms with Gasteiger partial charge >= 0.3 is 5.97 Å². The van der Waals surface area contributed by atoms with Gasteiger partial charge in [-0.25, -0.2) is 9.78 Å². The van der Waals surface area contributed by atoms with E-state index in [1.54, 1.807) is 6.07 Å². The van der Waals surface area contributed by atoms with E-state index in [1.807, 2.05) is 6.07 Å². The van der Waals surface area contributed by atoms with Crippen molar-refractivity contribution < 1.29 is 9.90 Å². The largest absolute Gasteiger partial charge is 0.477 e. The molecule has 0 radical (unpaired) electrons. The molecule has 1 saturated carbocycles. The summed E-state index contributed by atoms with van der Waals surface area (Å²) >= 11 is 0. The molecule has 0 aliphatic heterocycles. The molecule has 2 atom stereocenters. The van der Waals surface area contributed by atoms with Crippen LogP contribution in [-0.4, -0.2) is 22.6 Å². The Labute approximate surface area is 107 Å². The standard InChI is InChI=1S/C14H20N2O2/c1-10-4-2-3-5-11(10)9-16-12-6-7-15-13(8-12)14(17)18/h6-8,10-11H,2-5,9H2,1H3,(H,15,16)(H,17,18). The van der Waals surface area contributed by atoms with Crippen LogP contribution in [0.5, 0.6) is 0 Å². The lowest BCUT2D eigenvalue weighted by atomic mass is 9.80. The van der Waals surface area contributed by atoms with E-state index in [2.05, 4.69) is 17.2 Å². The Morgan fingerprint density at radius 1 is 1.50 bits per heavy atom. The molecule has 1 aliphatic rings. The van der Waals surface area contributed by atoms with Gasteiger partial charge in [-0.05, 0) is 30.4 Å². The minimum absolute atomic E-state index is 0.0942. The van der Waals surface area contributed by atoms with Gasteiger partial charge in [-0.1, -0.05) is 26.2 Å². The quantitative estimate of drug-likeness (QED) is 0.859. The third kappa shape index (κ3) is 3.22. The first-order valence-corrected chi connectivity index (χ1v) is 6.60. The summed E-state index contributed by atoms with van der Waals surface area (Å²) in [6.45, 7) is 3.23. The molecule has 1 heterocycles. The number of aromatic carboxylic acids is 1. The molecule has 4 nitrogen and oxygen atoms in total. The van der Waals surface area contributed by atoms with Crippen molar-refractivity contribution in [2.24, 2.45) is 11.8 Å². The summed E-state index contributed by atoms with van der Waals surface area (Å²) in [4.78, 5) is 14.6. The Balaban J connectivity index is 1.93. The lowest BCUT2D eigenvalue weighted by Gasteiger charge is -2.29. The van der Waals surface area contributed by atoms with Crippen LogP contribution in [0.3, 0.4) is 0 Å². The number of hydrogen-bond acceptors (Lipinski definition) is 3. The molecule has 4 heteroatoms. The van der Waals surface area contributed by atoms with E-state index < -0.39 is 5.97 Å². The van der Waals surface area contributed by atoms with Crippen LogP contribution in [0.4, 0.5) is 5.69 Å². The highest BCUT2D eigenvalue weighted by atomic mass is 16.4. The fourth-order valence-corrected chi connectivity index (χ4v) is 2.60. The molecule has 2 unspecified atom stereocenters. The number of hydrogen-bond donors (Lipinski definition) is 2. The van der Waals surface area contributed by atoms with Crippen LogP contribution in [-0.2, 0) is 0 Å². The fourth-order valence-electron chi connectivity index (χ4n) is 2.60. The average Bonchev–Trinajstić information content (AvgIpc) is 2.38. The van der Waals surface area contributed by atoms with Gasteiger partial charge in [0.25, 0.3) is 0 Å². The number of aromatic nitrogens is 1. The Morgan fingerprint density at radius 2 is 2.28 bits per heavy atom. The van der Waals surface area contributed by atoms with Crippen LogP contribution in [0.1, 0.15) is 43.1 Å². The minimum atomic E-state index is -0.982. The smallest absolute Gasteiger partial charge is 0.354 e. The normalized spacial score (nSPS) is 23.6. The molecule has 0 bridgehead atoms. The molecule has 1 aromatic rings. The maximum Gasteiger partial charge on any atom is 0.354 e. The van der Waals surface area contributed by atoms with E-state index in [1.165, 1.54) is 31.9 Å². The molecule has 0 spiro atoms. The Hall–Kier alpha value is -1.58. The summed E-state index contributed by atoms with van der Waals surface area (Å²) in [7, 11) is 0. The third-order valence-corrected chi connectivity index (χ3v) is 3.84. The SMILES string of the molecule is CC1CCCCC1CNc1ccnc(C(=O)O)c1. The van der Waals surface area contributed by atoms with E-state index in [9.17, 15) is 4.79 Å². The van der Waals surface area contributed by atoms with Gasteiger partial charge in [0.2, 0.25) is 0 Å². The van der Waals surface area contributed by atoms with E-state index in [-0.39, 0.29) is 5.69 Å². The van der Waals surface area contributed by atoms with Crippen molar-refractivity contribution in [3.63, 3.8) is 0 Å². The lowest BCUT2D eigenvalue weighted by molar-refractivity contribution is 0.0690. The molecule has 1 fully saturated rings. The second-order valence-corrected chi connectivity index (χ2v) is 5.14. The Bertz CT molecular complexity index is 420. The number of carbonyl (C=O) groups is 1. The number of anilines is 1.